The Morgan fingerprint density at radius 2 is 1.93 bits per heavy atom. The van der Waals surface area contributed by atoms with Gasteiger partial charge in [0.25, 0.3) is 0 Å². The molecule has 0 spiro atoms. The van der Waals surface area contributed by atoms with Crippen molar-refractivity contribution in [3.8, 4) is 0 Å². The van der Waals surface area contributed by atoms with E-state index in [0.717, 1.165) is 31.1 Å². The normalized spacial score (nSPS) is 25.4. The highest BCUT2D eigenvalue weighted by molar-refractivity contribution is 4.85. The van der Waals surface area contributed by atoms with Crippen LogP contribution in [-0.4, -0.2) is 26.3 Å². The average Bonchev–Trinajstić information content (AvgIpc) is 3.10. The van der Waals surface area contributed by atoms with Gasteiger partial charge >= 0.3 is 0 Å². The van der Waals surface area contributed by atoms with E-state index in [1.165, 1.54) is 44.9 Å². The summed E-state index contributed by atoms with van der Waals surface area (Å²) in [6.07, 6.45) is 9.74. The molecule has 15 heavy (non-hydrogen) atoms. The van der Waals surface area contributed by atoms with Crippen LogP contribution in [0.15, 0.2) is 0 Å². The molecule has 88 valence electrons. The van der Waals surface area contributed by atoms with Gasteiger partial charge in [0.1, 0.15) is 0 Å². The van der Waals surface area contributed by atoms with Crippen molar-refractivity contribution >= 4 is 0 Å². The first-order valence-corrected chi connectivity index (χ1v) is 6.65. The fraction of sp³-hybridized carbons (Fsp3) is 1.00. The van der Waals surface area contributed by atoms with Gasteiger partial charge < -0.3 is 10.1 Å². The van der Waals surface area contributed by atoms with E-state index in [1.807, 2.05) is 0 Å². The number of ether oxygens (including phenoxy) is 1. The van der Waals surface area contributed by atoms with Crippen molar-refractivity contribution in [3.05, 3.63) is 0 Å². The van der Waals surface area contributed by atoms with Gasteiger partial charge in [0.15, 0.2) is 0 Å². The van der Waals surface area contributed by atoms with E-state index in [0.29, 0.717) is 0 Å². The monoisotopic (exact) mass is 211 g/mol. The van der Waals surface area contributed by atoms with Crippen LogP contribution >= 0.6 is 0 Å². The molecule has 2 nitrogen and oxygen atoms in total. The molecule has 0 aromatic rings. The van der Waals surface area contributed by atoms with Gasteiger partial charge in [-0.1, -0.05) is 12.8 Å². The summed E-state index contributed by atoms with van der Waals surface area (Å²) in [7, 11) is 2.12. The van der Waals surface area contributed by atoms with Gasteiger partial charge in [-0.3, -0.25) is 0 Å². The van der Waals surface area contributed by atoms with Crippen LogP contribution in [0.25, 0.3) is 0 Å². The lowest BCUT2D eigenvalue weighted by Gasteiger charge is -2.23. The van der Waals surface area contributed by atoms with Gasteiger partial charge in [0.2, 0.25) is 0 Å². The second kappa shape index (κ2) is 5.86. The molecule has 1 heterocycles. The summed E-state index contributed by atoms with van der Waals surface area (Å²) in [4.78, 5) is 0. The molecule has 0 radical (unpaired) electrons. The summed E-state index contributed by atoms with van der Waals surface area (Å²) in [6.45, 7) is 2.01. The lowest BCUT2D eigenvalue weighted by atomic mass is 9.92. The molecule has 0 aromatic carbocycles. The summed E-state index contributed by atoms with van der Waals surface area (Å²) < 4.78 is 5.38. The van der Waals surface area contributed by atoms with E-state index in [-0.39, 0.29) is 0 Å². The minimum atomic E-state index is 0.810. The fourth-order valence-corrected chi connectivity index (χ4v) is 2.78. The lowest BCUT2D eigenvalue weighted by Crippen LogP contribution is -2.27. The molecule has 1 N–H and O–H groups in total. The number of rotatable bonds is 6. The first-order chi connectivity index (χ1) is 7.40. The first kappa shape index (κ1) is 11.4. The third kappa shape index (κ3) is 3.76. The topological polar surface area (TPSA) is 21.3 Å². The fourth-order valence-electron chi connectivity index (χ4n) is 2.78. The Labute approximate surface area is 93.8 Å². The van der Waals surface area contributed by atoms with Crippen LogP contribution in [0.5, 0.6) is 0 Å². The van der Waals surface area contributed by atoms with Crippen LogP contribution in [0.2, 0.25) is 0 Å². The van der Waals surface area contributed by atoms with E-state index in [1.54, 1.807) is 0 Å². The molecular weight excluding hydrogens is 186 g/mol. The maximum atomic E-state index is 5.38. The van der Waals surface area contributed by atoms with Crippen molar-refractivity contribution in [1.29, 1.82) is 0 Å². The Morgan fingerprint density at radius 1 is 1.20 bits per heavy atom. The van der Waals surface area contributed by atoms with Crippen molar-refractivity contribution in [2.45, 2.75) is 51.0 Å². The smallest absolute Gasteiger partial charge is 0.0468 e. The molecule has 2 aliphatic rings. The predicted octanol–water partition coefficient (Wildman–Crippen LogP) is 2.58. The van der Waals surface area contributed by atoms with Crippen LogP contribution in [0, 0.1) is 11.8 Å². The number of nitrogens with one attached hydrogen (secondary N) is 1. The van der Waals surface area contributed by atoms with Crippen LogP contribution in [0.1, 0.15) is 44.9 Å². The molecule has 0 bridgehead atoms. The summed E-state index contributed by atoms with van der Waals surface area (Å²) >= 11 is 0. The summed E-state index contributed by atoms with van der Waals surface area (Å²) in [5.74, 6) is 1.96. The van der Waals surface area contributed by atoms with Gasteiger partial charge in [-0.25, -0.2) is 0 Å². The molecule has 1 unspecified atom stereocenters. The van der Waals surface area contributed by atoms with Crippen LogP contribution < -0.4 is 5.32 Å². The SMILES string of the molecule is CNC(CCCC1CCOCC1)C1CC1. The third-order valence-corrected chi connectivity index (χ3v) is 4.03. The minimum Gasteiger partial charge on any atom is -0.381 e. The molecule has 1 atom stereocenters. The highest BCUT2D eigenvalue weighted by atomic mass is 16.5. The average molecular weight is 211 g/mol. The van der Waals surface area contributed by atoms with Crippen molar-refractivity contribution < 1.29 is 4.74 Å². The Balaban J connectivity index is 1.56. The highest BCUT2D eigenvalue weighted by Gasteiger charge is 2.29. The Kier molecular flexibility index (Phi) is 4.45. The van der Waals surface area contributed by atoms with Gasteiger partial charge in [0, 0.05) is 19.3 Å². The van der Waals surface area contributed by atoms with Crippen LogP contribution in [-0.2, 0) is 4.74 Å². The predicted molar refractivity (Wildman–Crippen MR) is 63.0 cm³/mol. The van der Waals surface area contributed by atoms with Gasteiger partial charge in [-0.15, -0.1) is 0 Å². The number of hydrogen-bond acceptors (Lipinski definition) is 2. The largest absolute Gasteiger partial charge is 0.381 e. The molecule has 0 aromatic heterocycles. The second-order valence-electron chi connectivity index (χ2n) is 5.22. The Morgan fingerprint density at radius 3 is 2.53 bits per heavy atom. The van der Waals surface area contributed by atoms with E-state index in [4.69, 9.17) is 4.74 Å². The van der Waals surface area contributed by atoms with E-state index >= 15 is 0 Å². The Bertz CT molecular complexity index is 173. The molecule has 1 saturated heterocycles. The first-order valence-electron chi connectivity index (χ1n) is 6.65. The molecule has 1 saturated carbocycles. The molecule has 2 heteroatoms. The molecule has 2 rings (SSSR count). The van der Waals surface area contributed by atoms with E-state index < -0.39 is 0 Å². The highest BCUT2D eigenvalue weighted by Crippen LogP contribution is 2.35. The molecule has 2 fully saturated rings. The maximum absolute atomic E-state index is 5.38. The number of hydrogen-bond donors (Lipinski definition) is 1. The van der Waals surface area contributed by atoms with Crippen molar-refractivity contribution in [2.75, 3.05) is 20.3 Å². The van der Waals surface area contributed by atoms with Gasteiger partial charge in [-0.2, -0.15) is 0 Å². The second-order valence-corrected chi connectivity index (χ2v) is 5.22. The lowest BCUT2D eigenvalue weighted by molar-refractivity contribution is 0.0629. The third-order valence-electron chi connectivity index (χ3n) is 4.03. The van der Waals surface area contributed by atoms with Crippen molar-refractivity contribution in [2.24, 2.45) is 11.8 Å². The van der Waals surface area contributed by atoms with Gasteiger partial charge in [0.05, 0.1) is 0 Å². The molecule has 0 amide bonds. The van der Waals surface area contributed by atoms with E-state index in [2.05, 4.69) is 12.4 Å². The standard InChI is InChI=1S/C13H25NO/c1-14-13(12-5-6-12)4-2-3-11-7-9-15-10-8-11/h11-14H,2-10H2,1H3. The Hall–Kier alpha value is -0.0800. The summed E-state index contributed by atoms with van der Waals surface area (Å²) in [5.41, 5.74) is 0. The minimum absolute atomic E-state index is 0.810. The molecular formula is C13H25NO. The van der Waals surface area contributed by atoms with Crippen molar-refractivity contribution in [1.82, 2.24) is 5.32 Å². The zero-order valence-corrected chi connectivity index (χ0v) is 10.0. The zero-order valence-electron chi connectivity index (χ0n) is 10.0. The zero-order chi connectivity index (χ0) is 10.5. The summed E-state index contributed by atoms with van der Waals surface area (Å²) in [6, 6.07) is 0.810. The van der Waals surface area contributed by atoms with E-state index in [9.17, 15) is 0 Å². The van der Waals surface area contributed by atoms with Gasteiger partial charge in [-0.05, 0) is 51.0 Å². The quantitative estimate of drug-likeness (QED) is 0.729. The summed E-state index contributed by atoms with van der Waals surface area (Å²) in [5, 5.41) is 3.48. The molecule has 1 aliphatic carbocycles. The maximum Gasteiger partial charge on any atom is 0.0468 e. The van der Waals surface area contributed by atoms with Crippen LogP contribution in [0.3, 0.4) is 0 Å². The van der Waals surface area contributed by atoms with Crippen LogP contribution in [0.4, 0.5) is 0 Å². The molecule has 1 aliphatic heterocycles. The van der Waals surface area contributed by atoms with Crippen molar-refractivity contribution in [3.63, 3.8) is 0 Å².